The molecule has 5 nitrogen and oxygen atoms in total. The van der Waals surface area contributed by atoms with Crippen LogP contribution in [0.1, 0.15) is 44.1 Å². The molecule has 2 aromatic rings. The maximum Gasteiger partial charge on any atom is 0.277 e. The van der Waals surface area contributed by atoms with Crippen LogP contribution < -0.4 is 5.32 Å². The number of thioether (sulfide) groups is 1. The van der Waals surface area contributed by atoms with Crippen LogP contribution in [0.3, 0.4) is 0 Å². The third-order valence-electron chi connectivity index (χ3n) is 4.29. The van der Waals surface area contributed by atoms with Gasteiger partial charge in [-0.25, -0.2) is 0 Å². The molecule has 1 N–H and O–H groups in total. The monoisotopic (exact) mass is 365 g/mol. The predicted molar refractivity (Wildman–Crippen MR) is 97.4 cm³/mol. The molecule has 0 bridgehead atoms. The van der Waals surface area contributed by atoms with Gasteiger partial charge in [-0.2, -0.15) is 0 Å². The maximum absolute atomic E-state index is 11.8. The van der Waals surface area contributed by atoms with E-state index in [9.17, 15) is 4.79 Å². The van der Waals surface area contributed by atoms with E-state index < -0.39 is 0 Å². The molecule has 130 valence electrons. The molecule has 0 saturated heterocycles. The number of amides is 1. The minimum absolute atomic E-state index is 0.00493. The molecule has 2 aromatic heterocycles. The molecule has 2 atom stereocenters. The van der Waals surface area contributed by atoms with Crippen LogP contribution in [0.25, 0.3) is 10.8 Å². The van der Waals surface area contributed by atoms with E-state index in [1.54, 1.807) is 11.3 Å². The standard InChI is InChI=1S/C17H23N3O2S2/c1-4-11(3)18-15(21)9-23-17-20-19-16(22-17)14-8-12-7-10(2)5-6-13(12)24-14/h8,10-11H,4-7,9H2,1-3H3,(H,18,21)/t10-,11-/m0/s1. The molecule has 1 amide bonds. The molecule has 0 fully saturated rings. The van der Waals surface area contributed by atoms with Gasteiger partial charge in [-0.05, 0) is 50.2 Å². The molecule has 0 unspecified atom stereocenters. The molecule has 7 heteroatoms. The Kier molecular flexibility index (Phi) is 5.61. The number of thiophene rings is 1. The van der Waals surface area contributed by atoms with Gasteiger partial charge in [-0.1, -0.05) is 25.6 Å². The largest absolute Gasteiger partial charge is 0.410 e. The second-order valence-electron chi connectivity index (χ2n) is 6.45. The van der Waals surface area contributed by atoms with Crippen LogP contribution in [0.4, 0.5) is 0 Å². The van der Waals surface area contributed by atoms with Gasteiger partial charge in [0.05, 0.1) is 10.6 Å². The van der Waals surface area contributed by atoms with Crippen molar-refractivity contribution >= 4 is 29.0 Å². The number of carbonyl (C=O) groups is 1. The summed E-state index contributed by atoms with van der Waals surface area (Å²) in [5, 5.41) is 11.6. The lowest BCUT2D eigenvalue weighted by atomic mass is 9.90. The van der Waals surface area contributed by atoms with E-state index in [1.165, 1.54) is 28.6 Å². The zero-order valence-electron chi connectivity index (χ0n) is 14.3. The Labute approximate surface area is 150 Å². The Morgan fingerprint density at radius 3 is 3.17 bits per heavy atom. The lowest BCUT2D eigenvalue weighted by molar-refractivity contribution is -0.119. The molecule has 1 aliphatic carbocycles. The van der Waals surface area contributed by atoms with Crippen molar-refractivity contribution in [3.8, 4) is 10.8 Å². The Morgan fingerprint density at radius 1 is 1.54 bits per heavy atom. The molecule has 0 radical (unpaired) electrons. The van der Waals surface area contributed by atoms with Crippen molar-refractivity contribution in [2.24, 2.45) is 5.92 Å². The number of aryl methyl sites for hydroxylation is 1. The van der Waals surface area contributed by atoms with Crippen LogP contribution >= 0.6 is 23.1 Å². The highest BCUT2D eigenvalue weighted by molar-refractivity contribution is 7.99. The van der Waals surface area contributed by atoms with Crippen molar-refractivity contribution in [1.29, 1.82) is 0 Å². The Bertz CT molecular complexity index is 711. The first kappa shape index (κ1) is 17.5. The van der Waals surface area contributed by atoms with Gasteiger partial charge in [0.2, 0.25) is 5.91 Å². The smallest absolute Gasteiger partial charge is 0.277 e. The van der Waals surface area contributed by atoms with Crippen LogP contribution in [0.5, 0.6) is 0 Å². The summed E-state index contributed by atoms with van der Waals surface area (Å²) in [6.45, 7) is 6.34. The van der Waals surface area contributed by atoms with Gasteiger partial charge < -0.3 is 9.73 Å². The first-order valence-corrected chi connectivity index (χ1v) is 10.2. The number of hydrogen-bond acceptors (Lipinski definition) is 6. The van der Waals surface area contributed by atoms with E-state index in [4.69, 9.17) is 4.42 Å². The fraction of sp³-hybridized carbons (Fsp3) is 0.588. The minimum Gasteiger partial charge on any atom is -0.410 e. The maximum atomic E-state index is 11.8. The third-order valence-corrected chi connectivity index (χ3v) is 6.34. The van der Waals surface area contributed by atoms with E-state index in [0.717, 1.165) is 30.1 Å². The Morgan fingerprint density at radius 2 is 2.38 bits per heavy atom. The molecule has 0 saturated carbocycles. The average molecular weight is 366 g/mol. The van der Waals surface area contributed by atoms with Gasteiger partial charge >= 0.3 is 0 Å². The van der Waals surface area contributed by atoms with E-state index in [-0.39, 0.29) is 11.9 Å². The molecule has 0 aromatic carbocycles. The number of nitrogens with one attached hydrogen (secondary N) is 1. The number of rotatable bonds is 6. The second-order valence-corrected chi connectivity index (χ2v) is 8.51. The van der Waals surface area contributed by atoms with Crippen LogP contribution in [0.15, 0.2) is 15.7 Å². The van der Waals surface area contributed by atoms with Crippen LogP contribution in [-0.4, -0.2) is 27.9 Å². The molecular weight excluding hydrogens is 342 g/mol. The number of hydrogen-bond donors (Lipinski definition) is 1. The molecule has 1 aliphatic rings. The Balaban J connectivity index is 1.61. The fourth-order valence-corrected chi connectivity index (χ4v) is 4.43. The molecular formula is C17H23N3O2S2. The van der Waals surface area contributed by atoms with E-state index in [0.29, 0.717) is 16.9 Å². The van der Waals surface area contributed by atoms with Crippen LogP contribution in [0, 0.1) is 5.92 Å². The number of carbonyl (C=O) groups excluding carboxylic acids is 1. The van der Waals surface area contributed by atoms with Crippen LogP contribution in [0.2, 0.25) is 0 Å². The summed E-state index contributed by atoms with van der Waals surface area (Å²) in [6, 6.07) is 2.38. The quantitative estimate of drug-likeness (QED) is 0.786. The van der Waals surface area contributed by atoms with E-state index >= 15 is 0 Å². The summed E-state index contributed by atoms with van der Waals surface area (Å²) in [5.74, 6) is 1.60. The summed E-state index contributed by atoms with van der Waals surface area (Å²) in [5.41, 5.74) is 1.43. The highest BCUT2D eigenvalue weighted by Crippen LogP contribution is 2.37. The number of fused-ring (bicyclic) bond motifs is 1. The fourth-order valence-electron chi connectivity index (χ4n) is 2.72. The van der Waals surface area contributed by atoms with Crippen LogP contribution in [-0.2, 0) is 17.6 Å². The van der Waals surface area contributed by atoms with Gasteiger partial charge in [-0.3, -0.25) is 4.79 Å². The Hall–Kier alpha value is -1.34. The second kappa shape index (κ2) is 7.70. The first-order chi connectivity index (χ1) is 11.5. The SMILES string of the molecule is CC[C@H](C)NC(=O)CSc1nnc(-c2cc3c(s2)CC[C@H](C)C3)o1. The number of nitrogens with zero attached hydrogens (tertiary/aromatic N) is 2. The van der Waals surface area contributed by atoms with Gasteiger partial charge in [-0.15, -0.1) is 21.5 Å². The van der Waals surface area contributed by atoms with Crippen molar-refractivity contribution in [2.75, 3.05) is 5.75 Å². The summed E-state index contributed by atoms with van der Waals surface area (Å²) in [6.07, 6.45) is 4.45. The lowest BCUT2D eigenvalue weighted by Crippen LogP contribution is -2.33. The first-order valence-electron chi connectivity index (χ1n) is 8.42. The van der Waals surface area contributed by atoms with Crippen molar-refractivity contribution in [3.63, 3.8) is 0 Å². The van der Waals surface area contributed by atoms with Gasteiger partial charge in [0.25, 0.3) is 11.1 Å². The molecule has 0 aliphatic heterocycles. The summed E-state index contributed by atoms with van der Waals surface area (Å²) in [7, 11) is 0. The topological polar surface area (TPSA) is 68.0 Å². The molecule has 2 heterocycles. The van der Waals surface area contributed by atoms with E-state index in [1.807, 2.05) is 13.8 Å². The summed E-state index contributed by atoms with van der Waals surface area (Å²) < 4.78 is 5.73. The summed E-state index contributed by atoms with van der Waals surface area (Å²) in [4.78, 5) is 14.3. The average Bonchev–Trinajstić information content (AvgIpc) is 3.18. The van der Waals surface area contributed by atoms with Crippen molar-refractivity contribution in [1.82, 2.24) is 15.5 Å². The molecule has 0 spiro atoms. The highest BCUT2D eigenvalue weighted by atomic mass is 32.2. The molecule has 24 heavy (non-hydrogen) atoms. The zero-order chi connectivity index (χ0) is 17.1. The van der Waals surface area contributed by atoms with Gasteiger partial charge in [0.1, 0.15) is 0 Å². The van der Waals surface area contributed by atoms with Crippen molar-refractivity contribution in [2.45, 2.75) is 57.7 Å². The minimum atomic E-state index is -0.00493. The van der Waals surface area contributed by atoms with Crippen molar-refractivity contribution < 1.29 is 9.21 Å². The zero-order valence-corrected chi connectivity index (χ0v) is 15.9. The molecule has 3 rings (SSSR count). The lowest BCUT2D eigenvalue weighted by Gasteiger charge is -2.16. The summed E-state index contributed by atoms with van der Waals surface area (Å²) >= 11 is 3.04. The third kappa shape index (κ3) is 4.19. The predicted octanol–water partition coefficient (Wildman–Crippen LogP) is 3.93. The number of aromatic nitrogens is 2. The van der Waals surface area contributed by atoms with E-state index in [2.05, 4.69) is 28.5 Å². The van der Waals surface area contributed by atoms with Crippen molar-refractivity contribution in [3.05, 3.63) is 16.5 Å². The normalized spacial score (nSPS) is 18.2. The van der Waals surface area contributed by atoms with Gasteiger partial charge in [0, 0.05) is 10.9 Å². The highest BCUT2D eigenvalue weighted by Gasteiger charge is 2.21. The van der Waals surface area contributed by atoms with Gasteiger partial charge in [0.15, 0.2) is 0 Å².